The molecule has 2 saturated heterocycles. The van der Waals surface area contributed by atoms with Crippen molar-refractivity contribution in [2.45, 2.75) is 44.3 Å². The van der Waals surface area contributed by atoms with Gasteiger partial charge < -0.3 is 15.5 Å². The number of carbonyl (C=O) groups is 2. The third-order valence-electron chi connectivity index (χ3n) is 4.41. The van der Waals surface area contributed by atoms with E-state index in [1.165, 1.54) is 0 Å². The fourth-order valence-corrected chi connectivity index (χ4v) is 3.21. The summed E-state index contributed by atoms with van der Waals surface area (Å²) in [5.74, 6) is 0.0275. The van der Waals surface area contributed by atoms with Crippen molar-refractivity contribution in [3.8, 4) is 0 Å². The van der Waals surface area contributed by atoms with Gasteiger partial charge in [0, 0.05) is 25.5 Å². The van der Waals surface area contributed by atoms with E-state index in [0.717, 1.165) is 37.8 Å². The van der Waals surface area contributed by atoms with Crippen LogP contribution in [0.1, 0.15) is 31.2 Å². The molecule has 126 valence electrons. The minimum atomic E-state index is -0.322. The van der Waals surface area contributed by atoms with E-state index < -0.39 is 0 Å². The van der Waals surface area contributed by atoms with Crippen molar-refractivity contribution in [1.82, 2.24) is 20.5 Å². The Morgan fingerprint density at radius 3 is 2.74 bits per heavy atom. The average molecular weight is 339 g/mol. The van der Waals surface area contributed by atoms with E-state index in [2.05, 4.69) is 15.6 Å². The molecule has 1 aromatic rings. The number of aromatic nitrogens is 1. The molecule has 2 amide bonds. The van der Waals surface area contributed by atoms with Gasteiger partial charge in [-0.1, -0.05) is 0 Å². The summed E-state index contributed by atoms with van der Waals surface area (Å²) in [6.07, 6.45) is 6.97. The molecule has 2 aliphatic heterocycles. The molecule has 0 unspecified atom stereocenters. The molecule has 0 aromatic carbocycles. The monoisotopic (exact) mass is 338 g/mol. The van der Waals surface area contributed by atoms with Crippen LogP contribution in [-0.2, 0) is 16.1 Å². The Bertz CT molecular complexity index is 534. The minimum absolute atomic E-state index is 0. The standard InChI is InChI=1S/C16H22N4O2.ClH/c21-15(19-11-12-5-8-17-9-6-12)14-4-2-10-20(14)16(22)13-3-1-7-18-13;/h5-6,8-9,13-14,18H,1-4,7,10-11H2,(H,19,21);1H/t13-,14+;/m1./s1. The predicted octanol–water partition coefficient (Wildman–Crippen LogP) is 0.863. The van der Waals surface area contributed by atoms with E-state index >= 15 is 0 Å². The van der Waals surface area contributed by atoms with Crippen LogP contribution in [0.4, 0.5) is 0 Å². The van der Waals surface area contributed by atoms with Gasteiger partial charge in [0.25, 0.3) is 0 Å². The van der Waals surface area contributed by atoms with Crippen LogP contribution in [0, 0.1) is 0 Å². The van der Waals surface area contributed by atoms with E-state index in [4.69, 9.17) is 0 Å². The maximum absolute atomic E-state index is 12.5. The molecule has 0 saturated carbocycles. The first-order chi connectivity index (χ1) is 10.8. The van der Waals surface area contributed by atoms with Crippen molar-refractivity contribution < 1.29 is 9.59 Å². The number of hydrogen-bond acceptors (Lipinski definition) is 4. The van der Waals surface area contributed by atoms with Gasteiger partial charge >= 0.3 is 0 Å². The lowest BCUT2D eigenvalue weighted by Crippen LogP contribution is -2.50. The molecule has 23 heavy (non-hydrogen) atoms. The zero-order valence-electron chi connectivity index (χ0n) is 13.0. The van der Waals surface area contributed by atoms with Crippen LogP contribution < -0.4 is 10.6 Å². The molecule has 2 fully saturated rings. The summed E-state index contributed by atoms with van der Waals surface area (Å²) in [6, 6.07) is 3.32. The lowest BCUT2D eigenvalue weighted by molar-refractivity contribution is -0.139. The highest BCUT2D eigenvalue weighted by atomic mass is 35.5. The summed E-state index contributed by atoms with van der Waals surface area (Å²) in [4.78, 5) is 30.6. The first-order valence-electron chi connectivity index (χ1n) is 7.96. The van der Waals surface area contributed by atoms with Crippen LogP contribution in [0.2, 0.25) is 0 Å². The third kappa shape index (κ3) is 4.20. The predicted molar refractivity (Wildman–Crippen MR) is 89.1 cm³/mol. The van der Waals surface area contributed by atoms with Gasteiger partial charge in [-0.15, -0.1) is 12.4 Å². The number of pyridine rings is 1. The van der Waals surface area contributed by atoms with Crippen molar-refractivity contribution in [2.24, 2.45) is 0 Å². The van der Waals surface area contributed by atoms with Gasteiger partial charge in [-0.3, -0.25) is 14.6 Å². The SMILES string of the molecule is Cl.O=C(NCc1ccncc1)[C@@H]1CCCN1C(=O)[C@H]1CCCN1. The number of carbonyl (C=O) groups excluding carboxylic acids is 2. The molecule has 1 aromatic heterocycles. The Labute approximate surface area is 142 Å². The quantitative estimate of drug-likeness (QED) is 0.854. The van der Waals surface area contributed by atoms with Gasteiger partial charge in [-0.2, -0.15) is 0 Å². The summed E-state index contributed by atoms with van der Waals surface area (Å²) in [5, 5.41) is 6.16. The molecule has 6 nitrogen and oxygen atoms in total. The second-order valence-corrected chi connectivity index (χ2v) is 5.91. The zero-order chi connectivity index (χ0) is 15.4. The number of hydrogen-bond donors (Lipinski definition) is 2. The molecule has 2 atom stereocenters. The largest absolute Gasteiger partial charge is 0.350 e. The van der Waals surface area contributed by atoms with Gasteiger partial charge in [0.15, 0.2) is 0 Å². The molecule has 0 bridgehead atoms. The van der Waals surface area contributed by atoms with E-state index in [1.807, 2.05) is 12.1 Å². The lowest BCUT2D eigenvalue weighted by atomic mass is 10.1. The normalized spacial score (nSPS) is 23.4. The Kier molecular flexibility index (Phi) is 6.36. The fraction of sp³-hybridized carbons (Fsp3) is 0.562. The van der Waals surface area contributed by atoms with Crippen LogP contribution in [-0.4, -0.2) is 46.9 Å². The van der Waals surface area contributed by atoms with Gasteiger partial charge in [-0.05, 0) is 49.9 Å². The lowest BCUT2D eigenvalue weighted by Gasteiger charge is -2.26. The van der Waals surface area contributed by atoms with Gasteiger partial charge in [0.05, 0.1) is 6.04 Å². The van der Waals surface area contributed by atoms with Gasteiger partial charge in [0.1, 0.15) is 6.04 Å². The van der Waals surface area contributed by atoms with Gasteiger partial charge in [-0.25, -0.2) is 0 Å². The van der Waals surface area contributed by atoms with Crippen LogP contribution in [0.15, 0.2) is 24.5 Å². The molecule has 3 heterocycles. The molecular formula is C16H23ClN4O2. The van der Waals surface area contributed by atoms with Gasteiger partial charge in [0.2, 0.25) is 11.8 Å². The molecular weight excluding hydrogens is 316 g/mol. The molecule has 3 rings (SSSR count). The van der Waals surface area contributed by atoms with Crippen molar-refractivity contribution in [2.75, 3.05) is 13.1 Å². The highest BCUT2D eigenvalue weighted by Crippen LogP contribution is 2.20. The van der Waals surface area contributed by atoms with E-state index in [1.54, 1.807) is 17.3 Å². The molecule has 0 spiro atoms. The third-order valence-corrected chi connectivity index (χ3v) is 4.41. The maximum Gasteiger partial charge on any atom is 0.243 e. The minimum Gasteiger partial charge on any atom is -0.350 e. The highest BCUT2D eigenvalue weighted by molar-refractivity contribution is 5.90. The van der Waals surface area contributed by atoms with Crippen molar-refractivity contribution in [3.63, 3.8) is 0 Å². The number of likely N-dealkylation sites (tertiary alicyclic amines) is 1. The summed E-state index contributed by atoms with van der Waals surface area (Å²) in [6.45, 7) is 2.05. The first kappa shape index (κ1) is 17.7. The van der Waals surface area contributed by atoms with Crippen molar-refractivity contribution in [3.05, 3.63) is 30.1 Å². The number of nitrogens with one attached hydrogen (secondary N) is 2. The Hall–Kier alpha value is -1.66. The van der Waals surface area contributed by atoms with Crippen LogP contribution >= 0.6 is 12.4 Å². The number of nitrogens with zero attached hydrogens (tertiary/aromatic N) is 2. The summed E-state index contributed by atoms with van der Waals surface area (Å²) in [5.41, 5.74) is 1.01. The topological polar surface area (TPSA) is 74.3 Å². The van der Waals surface area contributed by atoms with Crippen LogP contribution in [0.25, 0.3) is 0 Å². The number of rotatable bonds is 4. The second kappa shape index (κ2) is 8.26. The second-order valence-electron chi connectivity index (χ2n) is 5.91. The number of halogens is 1. The van der Waals surface area contributed by atoms with Crippen molar-refractivity contribution in [1.29, 1.82) is 0 Å². The number of amides is 2. The molecule has 7 heteroatoms. The average Bonchev–Trinajstić information content (AvgIpc) is 3.24. The summed E-state index contributed by atoms with van der Waals surface area (Å²) < 4.78 is 0. The first-order valence-corrected chi connectivity index (χ1v) is 7.96. The molecule has 2 N–H and O–H groups in total. The van der Waals surface area contributed by atoms with E-state index in [9.17, 15) is 9.59 Å². The van der Waals surface area contributed by atoms with E-state index in [-0.39, 0.29) is 36.3 Å². The zero-order valence-corrected chi connectivity index (χ0v) is 13.8. The molecule has 2 aliphatic rings. The fourth-order valence-electron chi connectivity index (χ4n) is 3.21. The summed E-state index contributed by atoms with van der Waals surface area (Å²) >= 11 is 0. The Morgan fingerprint density at radius 2 is 2.04 bits per heavy atom. The van der Waals surface area contributed by atoms with E-state index in [0.29, 0.717) is 13.1 Å². The summed E-state index contributed by atoms with van der Waals surface area (Å²) in [7, 11) is 0. The Morgan fingerprint density at radius 1 is 1.26 bits per heavy atom. The van der Waals surface area contributed by atoms with Crippen LogP contribution in [0.5, 0.6) is 0 Å². The maximum atomic E-state index is 12.5. The van der Waals surface area contributed by atoms with Crippen molar-refractivity contribution >= 4 is 24.2 Å². The van der Waals surface area contributed by atoms with Crippen LogP contribution in [0.3, 0.4) is 0 Å². The Balaban J connectivity index is 0.00000192. The highest BCUT2D eigenvalue weighted by Gasteiger charge is 2.37. The molecule has 0 aliphatic carbocycles. The molecule has 0 radical (unpaired) electrons. The smallest absolute Gasteiger partial charge is 0.243 e.